The van der Waals surface area contributed by atoms with Gasteiger partial charge in [-0.05, 0) is 12.5 Å². The van der Waals surface area contributed by atoms with Crippen LogP contribution in [-0.4, -0.2) is 28.3 Å². The van der Waals surface area contributed by atoms with Crippen molar-refractivity contribution in [2.45, 2.75) is 13.0 Å². The van der Waals surface area contributed by atoms with Crippen LogP contribution in [0.5, 0.6) is 0 Å². The molecule has 0 saturated heterocycles. The highest BCUT2D eigenvalue weighted by Crippen LogP contribution is 2.35. The number of ether oxygens (including phenoxy) is 1. The number of benzene rings is 1. The number of fused-ring (bicyclic) bond motifs is 1. The Bertz CT molecular complexity index is 830. The molecule has 3 rings (SSSR count). The van der Waals surface area contributed by atoms with Crippen molar-refractivity contribution in [3.05, 3.63) is 70.2 Å². The average Bonchev–Trinajstić information content (AvgIpc) is 2.83. The van der Waals surface area contributed by atoms with E-state index in [2.05, 4.69) is 0 Å². The van der Waals surface area contributed by atoms with E-state index in [0.717, 1.165) is 0 Å². The first kappa shape index (κ1) is 15.2. The number of carbonyl (C=O) groups is 2. The van der Waals surface area contributed by atoms with E-state index in [4.69, 9.17) is 4.74 Å². The van der Waals surface area contributed by atoms with Crippen LogP contribution in [-0.2, 0) is 11.8 Å². The van der Waals surface area contributed by atoms with Crippen molar-refractivity contribution < 1.29 is 19.4 Å². The molecular weight excluding hydrogens is 294 g/mol. The molecule has 0 saturated carbocycles. The SMILES string of the molecule is COC1=CC(=O)c2c(c(C(O)c3ccccc3)c(C)n2C)C1=O. The number of hydrogen-bond acceptors (Lipinski definition) is 4. The maximum absolute atomic E-state index is 12.6. The van der Waals surface area contributed by atoms with Gasteiger partial charge in [-0.3, -0.25) is 9.59 Å². The second-order valence-corrected chi connectivity index (χ2v) is 5.50. The predicted molar refractivity (Wildman–Crippen MR) is 84.4 cm³/mol. The maximum Gasteiger partial charge on any atom is 0.230 e. The van der Waals surface area contributed by atoms with Crippen LogP contribution in [0.3, 0.4) is 0 Å². The van der Waals surface area contributed by atoms with Crippen molar-refractivity contribution in [3.63, 3.8) is 0 Å². The van der Waals surface area contributed by atoms with Crippen LogP contribution < -0.4 is 0 Å². The highest BCUT2D eigenvalue weighted by Gasteiger charge is 2.36. The highest BCUT2D eigenvalue weighted by atomic mass is 16.5. The maximum atomic E-state index is 12.6. The average molecular weight is 311 g/mol. The molecule has 0 fully saturated rings. The summed E-state index contributed by atoms with van der Waals surface area (Å²) in [6.07, 6.45) is 0.210. The number of nitrogens with zero attached hydrogens (tertiary/aromatic N) is 1. The predicted octanol–water partition coefficient (Wildman–Crippen LogP) is 2.32. The molecule has 1 aromatic carbocycles. The largest absolute Gasteiger partial charge is 0.492 e. The lowest BCUT2D eigenvalue weighted by atomic mass is 9.91. The minimum absolute atomic E-state index is 0.00499. The van der Waals surface area contributed by atoms with E-state index in [1.54, 1.807) is 30.7 Å². The molecule has 0 spiro atoms. The summed E-state index contributed by atoms with van der Waals surface area (Å²) in [7, 11) is 3.07. The quantitative estimate of drug-likeness (QED) is 0.944. The van der Waals surface area contributed by atoms with E-state index in [1.165, 1.54) is 13.2 Å². The van der Waals surface area contributed by atoms with E-state index in [-0.39, 0.29) is 22.9 Å². The second kappa shape index (κ2) is 5.52. The fourth-order valence-electron chi connectivity index (χ4n) is 3.01. The number of Topliss-reactive ketones (excluding diaryl/α,β-unsaturated/α-hetero) is 1. The fourth-order valence-corrected chi connectivity index (χ4v) is 3.01. The van der Waals surface area contributed by atoms with Crippen molar-refractivity contribution in [2.24, 2.45) is 7.05 Å². The molecule has 118 valence electrons. The topological polar surface area (TPSA) is 68.5 Å². The van der Waals surface area contributed by atoms with Crippen LogP contribution in [0.2, 0.25) is 0 Å². The molecule has 0 bridgehead atoms. The molecular formula is C18H17NO4. The summed E-state index contributed by atoms with van der Waals surface area (Å²) >= 11 is 0. The first-order chi connectivity index (χ1) is 11.0. The summed E-state index contributed by atoms with van der Waals surface area (Å²) in [5, 5.41) is 10.8. The van der Waals surface area contributed by atoms with Gasteiger partial charge in [-0.25, -0.2) is 0 Å². The summed E-state index contributed by atoms with van der Waals surface area (Å²) in [4.78, 5) is 25.0. The summed E-state index contributed by atoms with van der Waals surface area (Å²) in [6.45, 7) is 1.78. The number of rotatable bonds is 3. The Morgan fingerprint density at radius 1 is 1.17 bits per heavy atom. The van der Waals surface area contributed by atoms with Crippen molar-refractivity contribution in [2.75, 3.05) is 7.11 Å². The highest BCUT2D eigenvalue weighted by molar-refractivity contribution is 6.24. The Hall–Kier alpha value is -2.66. The molecule has 1 aliphatic rings. The van der Waals surface area contributed by atoms with E-state index < -0.39 is 6.10 Å². The first-order valence-electron chi connectivity index (χ1n) is 7.24. The van der Waals surface area contributed by atoms with Gasteiger partial charge < -0.3 is 14.4 Å². The lowest BCUT2D eigenvalue weighted by molar-refractivity contribution is 0.0910. The molecule has 0 aliphatic heterocycles. The smallest absolute Gasteiger partial charge is 0.230 e. The number of allylic oxidation sites excluding steroid dienone is 2. The lowest BCUT2D eigenvalue weighted by Gasteiger charge is -2.16. The zero-order chi connectivity index (χ0) is 16.7. The van der Waals surface area contributed by atoms with Crippen molar-refractivity contribution >= 4 is 11.6 Å². The minimum atomic E-state index is -0.987. The zero-order valence-corrected chi connectivity index (χ0v) is 13.2. The van der Waals surface area contributed by atoms with E-state index in [1.807, 2.05) is 18.2 Å². The van der Waals surface area contributed by atoms with E-state index in [9.17, 15) is 14.7 Å². The molecule has 1 aliphatic carbocycles. The number of carbonyl (C=O) groups excluding carboxylic acids is 2. The number of aromatic nitrogens is 1. The molecule has 1 atom stereocenters. The Kier molecular flexibility index (Phi) is 3.66. The Morgan fingerprint density at radius 3 is 2.43 bits per heavy atom. The van der Waals surface area contributed by atoms with Crippen LogP contribution in [0.1, 0.15) is 43.8 Å². The number of hydrogen-bond donors (Lipinski definition) is 1. The van der Waals surface area contributed by atoms with Gasteiger partial charge in [-0.15, -0.1) is 0 Å². The van der Waals surface area contributed by atoms with Crippen LogP contribution in [0, 0.1) is 6.92 Å². The van der Waals surface area contributed by atoms with Crippen LogP contribution in [0.15, 0.2) is 42.2 Å². The van der Waals surface area contributed by atoms with Crippen LogP contribution in [0.25, 0.3) is 0 Å². The molecule has 1 heterocycles. The molecule has 23 heavy (non-hydrogen) atoms. The summed E-state index contributed by atoms with van der Waals surface area (Å²) in [5.74, 6) is -0.682. The molecule has 5 heteroatoms. The summed E-state index contributed by atoms with van der Waals surface area (Å²) < 4.78 is 6.67. The van der Waals surface area contributed by atoms with E-state index in [0.29, 0.717) is 22.5 Å². The van der Waals surface area contributed by atoms with Gasteiger partial charge in [0.1, 0.15) is 11.8 Å². The van der Waals surface area contributed by atoms with Gasteiger partial charge in [-0.1, -0.05) is 30.3 Å². The van der Waals surface area contributed by atoms with Crippen molar-refractivity contribution in [1.82, 2.24) is 4.57 Å². The molecule has 1 aromatic heterocycles. The van der Waals surface area contributed by atoms with Gasteiger partial charge >= 0.3 is 0 Å². The lowest BCUT2D eigenvalue weighted by Crippen LogP contribution is -2.20. The Morgan fingerprint density at radius 2 is 1.83 bits per heavy atom. The van der Waals surface area contributed by atoms with Gasteiger partial charge in [0.2, 0.25) is 11.6 Å². The Labute approximate surface area is 133 Å². The molecule has 1 N–H and O–H groups in total. The van der Waals surface area contributed by atoms with Gasteiger partial charge in [0.25, 0.3) is 0 Å². The minimum Gasteiger partial charge on any atom is -0.492 e. The normalized spacial score (nSPS) is 15.2. The third-order valence-electron chi connectivity index (χ3n) is 4.29. The number of ketones is 2. The molecule has 0 amide bonds. The second-order valence-electron chi connectivity index (χ2n) is 5.50. The van der Waals surface area contributed by atoms with Crippen LogP contribution >= 0.6 is 0 Å². The summed E-state index contributed by atoms with van der Waals surface area (Å²) in [6, 6.07) is 9.05. The molecule has 0 radical (unpaired) electrons. The van der Waals surface area contributed by atoms with Gasteiger partial charge in [0.05, 0.1) is 12.7 Å². The Balaban J connectivity index is 2.24. The monoisotopic (exact) mass is 311 g/mol. The van der Waals surface area contributed by atoms with Crippen molar-refractivity contribution in [1.29, 1.82) is 0 Å². The third-order valence-corrected chi connectivity index (χ3v) is 4.29. The van der Waals surface area contributed by atoms with Crippen LogP contribution in [0.4, 0.5) is 0 Å². The molecule has 2 aromatic rings. The van der Waals surface area contributed by atoms with Crippen molar-refractivity contribution in [3.8, 4) is 0 Å². The number of aliphatic hydroxyl groups excluding tert-OH is 1. The zero-order valence-electron chi connectivity index (χ0n) is 13.2. The summed E-state index contributed by atoms with van der Waals surface area (Å²) in [5.41, 5.74) is 2.32. The first-order valence-corrected chi connectivity index (χ1v) is 7.24. The number of methoxy groups -OCH3 is 1. The standard InChI is InChI=1S/C18H17NO4/c1-10-14(17(21)11-7-5-4-6-8-11)15-16(19(10)2)12(20)9-13(23-3)18(15)22/h4-9,17,21H,1-3H3. The van der Waals surface area contributed by atoms with Gasteiger partial charge in [0, 0.05) is 24.4 Å². The third kappa shape index (κ3) is 2.21. The van der Waals surface area contributed by atoms with Gasteiger partial charge in [0.15, 0.2) is 5.76 Å². The molecule has 1 unspecified atom stereocenters. The molecule has 5 nitrogen and oxygen atoms in total. The van der Waals surface area contributed by atoms with Gasteiger partial charge in [-0.2, -0.15) is 0 Å². The fraction of sp³-hybridized carbons (Fsp3) is 0.222. The van der Waals surface area contributed by atoms with E-state index >= 15 is 0 Å². The number of aliphatic hydroxyl groups is 1.